The molecule has 4 nitrogen and oxygen atoms in total. The van der Waals surface area contributed by atoms with Crippen LogP contribution < -0.4 is 0 Å². The molecule has 9 rings (SSSR count). The van der Waals surface area contributed by atoms with Crippen molar-refractivity contribution < 1.29 is 4.42 Å². The topological polar surface area (TPSA) is 54.7 Å². The molecule has 0 unspecified atom stereocenters. The molecule has 2 aliphatic heterocycles. The number of H-pyrrole nitrogens is 1. The fourth-order valence-electron chi connectivity index (χ4n) is 7.07. The van der Waals surface area contributed by atoms with Crippen LogP contribution >= 0.6 is 22.6 Å². The maximum absolute atomic E-state index is 6.91. The molecule has 0 atom stereocenters. The summed E-state index contributed by atoms with van der Waals surface area (Å²) >= 11 is 2.35. The summed E-state index contributed by atoms with van der Waals surface area (Å²) < 4.78 is 8.08. The molecule has 0 saturated heterocycles. The van der Waals surface area contributed by atoms with E-state index < -0.39 is 0 Å². The van der Waals surface area contributed by atoms with Crippen molar-refractivity contribution in [1.82, 2.24) is 15.0 Å². The summed E-state index contributed by atoms with van der Waals surface area (Å²) in [5.41, 5.74) is 18.7. The van der Waals surface area contributed by atoms with E-state index in [0.29, 0.717) is 0 Å². The molecule has 8 bridgehead atoms. The van der Waals surface area contributed by atoms with Gasteiger partial charge in [-0.2, -0.15) is 0 Å². The van der Waals surface area contributed by atoms with Crippen molar-refractivity contribution in [2.45, 2.75) is 20.8 Å². The van der Waals surface area contributed by atoms with Crippen molar-refractivity contribution in [2.24, 2.45) is 0 Å². The van der Waals surface area contributed by atoms with Gasteiger partial charge >= 0.3 is 0 Å². The first-order chi connectivity index (χ1) is 25.4. The first-order valence-corrected chi connectivity index (χ1v) is 18.5. The minimum Gasteiger partial charge on any atom is -0.456 e. The van der Waals surface area contributed by atoms with Crippen molar-refractivity contribution in [2.75, 3.05) is 0 Å². The van der Waals surface area contributed by atoms with Gasteiger partial charge in [0.25, 0.3) is 0 Å². The Kier molecular flexibility index (Phi) is 8.08. The molecule has 5 heterocycles. The molecule has 0 radical (unpaired) electrons. The molecule has 7 aromatic rings. The Morgan fingerprint density at radius 2 is 0.731 bits per heavy atom. The average molecular weight is 784 g/mol. The number of hydrogen-bond acceptors (Lipinski definition) is 3. The van der Waals surface area contributed by atoms with Crippen LogP contribution in [0.4, 0.5) is 0 Å². The van der Waals surface area contributed by atoms with Gasteiger partial charge in [-0.15, -0.1) is 0 Å². The second-order valence-electron chi connectivity index (χ2n) is 13.5. The maximum Gasteiger partial charge on any atom is 0.137 e. The van der Waals surface area contributed by atoms with E-state index in [2.05, 4.69) is 194 Å². The van der Waals surface area contributed by atoms with Gasteiger partial charge in [-0.3, -0.25) is 0 Å². The van der Waals surface area contributed by atoms with E-state index >= 15 is 0 Å². The Morgan fingerprint density at radius 1 is 0.404 bits per heavy atom. The predicted molar refractivity (Wildman–Crippen MR) is 225 cm³/mol. The molecular formula is C47H34IN3O. The van der Waals surface area contributed by atoms with Gasteiger partial charge in [-0.05, 0) is 126 Å². The average Bonchev–Trinajstić information content (AvgIpc) is 3.99. The largest absolute Gasteiger partial charge is 0.456 e. The third-order valence-corrected chi connectivity index (χ3v) is 10.5. The summed E-state index contributed by atoms with van der Waals surface area (Å²) in [6.07, 6.45) is 8.47. The summed E-state index contributed by atoms with van der Waals surface area (Å²) in [5.74, 6) is 0. The lowest BCUT2D eigenvalue weighted by Gasteiger charge is -2.07. The van der Waals surface area contributed by atoms with Gasteiger partial charge in [0, 0.05) is 25.7 Å². The van der Waals surface area contributed by atoms with E-state index in [9.17, 15) is 0 Å². The number of furan rings is 1. The molecule has 52 heavy (non-hydrogen) atoms. The third kappa shape index (κ3) is 5.91. The van der Waals surface area contributed by atoms with Gasteiger partial charge in [0.2, 0.25) is 0 Å². The van der Waals surface area contributed by atoms with Crippen LogP contribution in [0, 0.1) is 24.3 Å². The normalized spacial score (nSPS) is 12.1. The number of nitrogens with one attached hydrogen (secondary N) is 1. The van der Waals surface area contributed by atoms with Crippen LogP contribution in [-0.4, -0.2) is 15.0 Å². The van der Waals surface area contributed by atoms with Gasteiger partial charge in [0.15, 0.2) is 0 Å². The molecule has 250 valence electrons. The zero-order chi connectivity index (χ0) is 35.3. The zero-order valence-corrected chi connectivity index (χ0v) is 31.2. The van der Waals surface area contributed by atoms with Gasteiger partial charge < -0.3 is 9.40 Å². The number of hydrogen-bond donors (Lipinski definition) is 1. The monoisotopic (exact) mass is 783 g/mol. The number of nitrogens with zero attached hydrogens (tertiary/aromatic N) is 2. The van der Waals surface area contributed by atoms with Crippen molar-refractivity contribution in [3.05, 3.63) is 164 Å². The first kappa shape index (κ1) is 32.1. The Morgan fingerprint density at radius 3 is 1.12 bits per heavy atom. The molecule has 0 aliphatic carbocycles. The van der Waals surface area contributed by atoms with E-state index in [4.69, 9.17) is 14.4 Å². The van der Waals surface area contributed by atoms with Crippen LogP contribution in [0.15, 0.2) is 126 Å². The SMILES string of the molecule is Cc1ccc(-c2c3nc(c(-c4ccc(C)cc4)c4ccc(o4)c(-c4ccc(I)cc4)c4nc(c(-c5ccc(C)cc5)c5ccc2[nH]5)C=C4)C=C3)cc1. The minimum absolute atomic E-state index is 0.746. The number of rotatable bonds is 4. The van der Waals surface area contributed by atoms with E-state index in [1.165, 1.54) is 20.3 Å². The van der Waals surface area contributed by atoms with Gasteiger partial charge in [0.1, 0.15) is 11.2 Å². The van der Waals surface area contributed by atoms with Crippen LogP contribution in [0.25, 0.3) is 91.0 Å². The Hall–Kier alpha value is -5.79. The van der Waals surface area contributed by atoms with E-state index in [0.717, 1.165) is 89.5 Å². The lowest BCUT2D eigenvalue weighted by Crippen LogP contribution is -1.89. The number of aromatic nitrogens is 3. The second kappa shape index (κ2) is 13.1. The molecule has 0 amide bonds. The van der Waals surface area contributed by atoms with Crippen LogP contribution in [0.5, 0.6) is 0 Å². The predicted octanol–water partition coefficient (Wildman–Crippen LogP) is 13.1. The van der Waals surface area contributed by atoms with Gasteiger partial charge in [-0.1, -0.05) is 102 Å². The van der Waals surface area contributed by atoms with Crippen molar-refractivity contribution in [1.29, 1.82) is 0 Å². The van der Waals surface area contributed by atoms with Crippen LogP contribution in [0.3, 0.4) is 0 Å². The highest BCUT2D eigenvalue weighted by atomic mass is 127. The molecule has 2 aliphatic rings. The standard InChI is InChI=1S/C47H34IN3O/c1-28-4-10-31(11-5-28)44-36-20-21-37(49-36)45(32-12-6-29(2)7-13-32)39-23-25-41(51-39)47(34-16-18-35(48)19-17-34)43-27-26-42(52-43)46(40-24-22-38(44)50-40)33-14-8-30(3)9-15-33/h4-27,49H,1-3H3. The van der Waals surface area contributed by atoms with Gasteiger partial charge in [0.05, 0.1) is 33.9 Å². The van der Waals surface area contributed by atoms with Crippen molar-refractivity contribution in [3.63, 3.8) is 0 Å². The highest BCUT2D eigenvalue weighted by Gasteiger charge is 2.19. The van der Waals surface area contributed by atoms with E-state index in [1.807, 2.05) is 0 Å². The Balaban J connectivity index is 1.47. The molecule has 0 spiro atoms. The third-order valence-electron chi connectivity index (χ3n) is 9.78. The summed E-state index contributed by atoms with van der Waals surface area (Å²) in [6.45, 7) is 6.34. The summed E-state index contributed by atoms with van der Waals surface area (Å²) in [7, 11) is 0. The maximum atomic E-state index is 6.91. The highest BCUT2D eigenvalue weighted by Crippen LogP contribution is 2.39. The Labute approximate surface area is 316 Å². The van der Waals surface area contributed by atoms with Crippen LogP contribution in [-0.2, 0) is 0 Å². The van der Waals surface area contributed by atoms with Crippen LogP contribution in [0.1, 0.15) is 39.5 Å². The number of halogens is 1. The van der Waals surface area contributed by atoms with Crippen molar-refractivity contribution in [3.8, 4) is 44.5 Å². The summed E-state index contributed by atoms with van der Waals surface area (Å²) in [6, 6.07) is 42.9. The van der Waals surface area contributed by atoms with E-state index in [-0.39, 0.29) is 0 Å². The highest BCUT2D eigenvalue weighted by molar-refractivity contribution is 14.1. The number of benzene rings is 4. The summed E-state index contributed by atoms with van der Waals surface area (Å²) in [4.78, 5) is 14.6. The Bertz CT molecular complexity index is 2360. The zero-order valence-electron chi connectivity index (χ0n) is 29.0. The minimum atomic E-state index is 0.746. The summed E-state index contributed by atoms with van der Waals surface area (Å²) in [5, 5.41) is 0. The fourth-order valence-corrected chi connectivity index (χ4v) is 7.43. The molecule has 1 N–H and O–H groups in total. The number of aryl methyl sites for hydroxylation is 3. The quantitative estimate of drug-likeness (QED) is 0.181. The van der Waals surface area contributed by atoms with Gasteiger partial charge in [-0.25, -0.2) is 9.97 Å². The molecule has 0 saturated carbocycles. The smallest absolute Gasteiger partial charge is 0.137 e. The fraction of sp³-hybridized carbons (Fsp3) is 0.0638. The lowest BCUT2D eigenvalue weighted by atomic mass is 10.0. The molecule has 3 aromatic heterocycles. The first-order valence-electron chi connectivity index (χ1n) is 17.4. The lowest BCUT2D eigenvalue weighted by molar-refractivity contribution is 0.667. The molecule has 4 aromatic carbocycles. The second-order valence-corrected chi connectivity index (χ2v) is 14.7. The molecule has 0 fully saturated rings. The molecule has 5 heteroatoms. The number of aromatic amines is 1. The van der Waals surface area contributed by atoms with Crippen LogP contribution in [0.2, 0.25) is 0 Å². The number of fused-ring (bicyclic) bond motifs is 8. The van der Waals surface area contributed by atoms with E-state index in [1.54, 1.807) is 0 Å². The van der Waals surface area contributed by atoms with Crippen molar-refractivity contribution >= 4 is 69.1 Å². The molecular weight excluding hydrogens is 749 g/mol.